The topological polar surface area (TPSA) is 111 Å². The number of amides is 1. The summed E-state index contributed by atoms with van der Waals surface area (Å²) >= 11 is 12.1. The predicted molar refractivity (Wildman–Crippen MR) is 108 cm³/mol. The van der Waals surface area contributed by atoms with Crippen LogP contribution in [-0.2, 0) is 0 Å². The van der Waals surface area contributed by atoms with Crippen molar-refractivity contribution in [2.24, 2.45) is 0 Å². The Morgan fingerprint density at radius 1 is 1.41 bits per heavy atom. The lowest BCUT2D eigenvalue weighted by molar-refractivity contribution is 0.107. The van der Waals surface area contributed by atoms with Crippen molar-refractivity contribution < 1.29 is 19.4 Å². The Bertz CT molecular complexity index is 904. The first-order valence-electron chi connectivity index (χ1n) is 8.91. The van der Waals surface area contributed by atoms with Gasteiger partial charge in [0, 0.05) is 23.1 Å². The van der Waals surface area contributed by atoms with E-state index in [4.69, 9.17) is 28.3 Å². The molecule has 156 valence electrons. The van der Waals surface area contributed by atoms with Gasteiger partial charge in [0.05, 0.1) is 24.4 Å². The fourth-order valence-electron chi connectivity index (χ4n) is 3.19. The molecule has 0 aliphatic carbocycles. The molecule has 1 unspecified atom stereocenters. The van der Waals surface area contributed by atoms with Crippen LogP contribution < -0.4 is 15.5 Å². The number of halogens is 3. The van der Waals surface area contributed by atoms with E-state index in [0.717, 1.165) is 11.8 Å². The molecular formula is C18H20Cl2FN5O3. The van der Waals surface area contributed by atoms with Crippen molar-refractivity contribution in [3.63, 3.8) is 0 Å². The molecule has 1 aromatic heterocycles. The number of piperidine rings is 1. The summed E-state index contributed by atoms with van der Waals surface area (Å²) < 4.78 is 14.3. The molecule has 1 saturated heterocycles. The number of β-amino-alcohol motifs (C(OH)–C–C–N with tert-alkyl or cyclic N) is 1. The minimum Gasteiger partial charge on any atom is -0.465 e. The van der Waals surface area contributed by atoms with Gasteiger partial charge in [-0.2, -0.15) is 4.98 Å². The average Bonchev–Trinajstić information content (AvgIpc) is 2.64. The smallest absolute Gasteiger partial charge is 0.404 e. The lowest BCUT2D eigenvalue weighted by atomic mass is 10.0. The van der Waals surface area contributed by atoms with Crippen molar-refractivity contribution in [3.05, 3.63) is 45.8 Å². The third kappa shape index (κ3) is 5.17. The van der Waals surface area contributed by atoms with Crippen LogP contribution in [0, 0.1) is 5.82 Å². The quantitative estimate of drug-likeness (QED) is 0.560. The van der Waals surface area contributed by atoms with Crippen LogP contribution in [0.5, 0.6) is 0 Å². The first-order chi connectivity index (χ1) is 13.7. The number of aliphatic hydroxyl groups excluding tert-OH is 1. The third-order valence-electron chi connectivity index (χ3n) is 4.69. The van der Waals surface area contributed by atoms with E-state index in [-0.39, 0.29) is 24.4 Å². The summed E-state index contributed by atoms with van der Waals surface area (Å²) in [6.07, 6.45) is -0.707. The van der Waals surface area contributed by atoms with Crippen LogP contribution >= 0.6 is 23.2 Å². The molecule has 0 spiro atoms. The van der Waals surface area contributed by atoms with Crippen molar-refractivity contribution in [2.45, 2.75) is 31.5 Å². The van der Waals surface area contributed by atoms with Gasteiger partial charge in [-0.05, 0) is 31.0 Å². The molecule has 1 aliphatic heterocycles. The third-order valence-corrected chi connectivity index (χ3v) is 5.25. The van der Waals surface area contributed by atoms with E-state index in [1.165, 1.54) is 0 Å². The van der Waals surface area contributed by atoms with Gasteiger partial charge in [-0.15, -0.1) is 0 Å². The Balaban J connectivity index is 1.74. The molecule has 3 rings (SSSR count). The molecule has 0 radical (unpaired) electrons. The van der Waals surface area contributed by atoms with E-state index in [9.17, 15) is 14.3 Å². The van der Waals surface area contributed by atoms with Gasteiger partial charge in [0.25, 0.3) is 0 Å². The molecule has 0 bridgehead atoms. The Morgan fingerprint density at radius 3 is 2.83 bits per heavy atom. The zero-order valence-corrected chi connectivity index (χ0v) is 17.0. The maximum absolute atomic E-state index is 14.3. The van der Waals surface area contributed by atoms with Gasteiger partial charge in [0.15, 0.2) is 11.6 Å². The molecule has 2 heterocycles. The lowest BCUT2D eigenvalue weighted by Gasteiger charge is -2.35. The Kier molecular flexibility index (Phi) is 6.61. The van der Waals surface area contributed by atoms with E-state index < -0.39 is 24.1 Å². The molecule has 29 heavy (non-hydrogen) atoms. The molecule has 1 fully saturated rings. The van der Waals surface area contributed by atoms with E-state index >= 15 is 0 Å². The number of aliphatic hydroxyl groups is 1. The van der Waals surface area contributed by atoms with Gasteiger partial charge < -0.3 is 25.7 Å². The minimum absolute atomic E-state index is 0.00575. The lowest BCUT2D eigenvalue weighted by Crippen LogP contribution is -2.54. The molecule has 11 heteroatoms. The summed E-state index contributed by atoms with van der Waals surface area (Å²) in [7, 11) is 0. The summed E-state index contributed by atoms with van der Waals surface area (Å²) in [6, 6.07) is 4.12. The Morgan fingerprint density at radius 2 is 2.17 bits per heavy atom. The maximum atomic E-state index is 14.3. The monoisotopic (exact) mass is 443 g/mol. The molecule has 1 amide bonds. The van der Waals surface area contributed by atoms with Crippen LogP contribution in [0.4, 0.5) is 21.0 Å². The summed E-state index contributed by atoms with van der Waals surface area (Å²) in [6.45, 7) is 2.34. The van der Waals surface area contributed by atoms with Crippen molar-refractivity contribution in [1.29, 1.82) is 0 Å². The zero-order valence-electron chi connectivity index (χ0n) is 15.4. The summed E-state index contributed by atoms with van der Waals surface area (Å²) in [5.74, 6) is -0.404. The van der Waals surface area contributed by atoms with E-state index in [1.807, 2.05) is 6.92 Å². The molecule has 2 aromatic rings. The number of benzene rings is 1. The number of nitrogens with one attached hydrogen (secondary N) is 2. The number of carboxylic acid groups (broad SMARTS) is 1. The SMILES string of the molecule is CC(Nc1nc(N2CC[C@H](NC(=O)O)[C@H](O)C2)ncc1F)c1ccc(Cl)cc1Cl. The van der Waals surface area contributed by atoms with Gasteiger partial charge in [-0.1, -0.05) is 29.3 Å². The van der Waals surface area contributed by atoms with E-state index in [0.29, 0.717) is 23.0 Å². The van der Waals surface area contributed by atoms with Gasteiger partial charge in [-0.25, -0.2) is 14.2 Å². The number of aromatic nitrogens is 2. The second-order valence-electron chi connectivity index (χ2n) is 6.76. The second kappa shape index (κ2) is 8.98. The normalized spacial score (nSPS) is 20.2. The fraction of sp³-hybridized carbons (Fsp3) is 0.389. The van der Waals surface area contributed by atoms with Crippen LogP contribution in [0.15, 0.2) is 24.4 Å². The summed E-state index contributed by atoms with van der Waals surface area (Å²) in [5.41, 5.74) is 0.728. The summed E-state index contributed by atoms with van der Waals surface area (Å²) in [5, 5.41) is 25.2. The van der Waals surface area contributed by atoms with Gasteiger partial charge in [-0.3, -0.25) is 0 Å². The molecular weight excluding hydrogens is 424 g/mol. The van der Waals surface area contributed by atoms with Crippen molar-refractivity contribution in [3.8, 4) is 0 Å². The minimum atomic E-state index is -1.19. The number of hydrogen-bond donors (Lipinski definition) is 4. The highest BCUT2D eigenvalue weighted by Gasteiger charge is 2.30. The first-order valence-corrected chi connectivity index (χ1v) is 9.66. The Hall–Kier alpha value is -2.36. The predicted octanol–water partition coefficient (Wildman–Crippen LogP) is 3.30. The Labute approximate surface area is 176 Å². The van der Waals surface area contributed by atoms with Gasteiger partial charge in [0.1, 0.15) is 0 Å². The molecule has 8 nitrogen and oxygen atoms in total. The number of rotatable bonds is 5. The molecule has 0 saturated carbocycles. The van der Waals surface area contributed by atoms with Crippen LogP contribution in [0.3, 0.4) is 0 Å². The number of nitrogens with zero attached hydrogens (tertiary/aromatic N) is 3. The number of anilines is 2. The van der Waals surface area contributed by atoms with Gasteiger partial charge >= 0.3 is 6.09 Å². The highest BCUT2D eigenvalue weighted by atomic mass is 35.5. The van der Waals surface area contributed by atoms with Crippen LogP contribution in [0.25, 0.3) is 0 Å². The second-order valence-corrected chi connectivity index (χ2v) is 7.60. The van der Waals surface area contributed by atoms with Crippen LogP contribution in [0.2, 0.25) is 10.0 Å². The van der Waals surface area contributed by atoms with Crippen LogP contribution in [0.1, 0.15) is 24.9 Å². The van der Waals surface area contributed by atoms with Crippen molar-refractivity contribution in [1.82, 2.24) is 15.3 Å². The van der Waals surface area contributed by atoms with Crippen molar-refractivity contribution in [2.75, 3.05) is 23.3 Å². The molecule has 3 atom stereocenters. The molecule has 1 aliphatic rings. The molecule has 1 aromatic carbocycles. The highest BCUT2D eigenvalue weighted by molar-refractivity contribution is 6.35. The standard InChI is InChI=1S/C18H20Cl2FN5O3/c1-9(11-3-2-10(19)6-12(11)20)23-16-13(21)7-22-17(25-16)26-5-4-14(15(27)8-26)24-18(28)29/h2-3,6-7,9,14-15,24,27H,4-5,8H2,1H3,(H,28,29)(H,22,23,25)/t9?,14-,15+/m0/s1. The number of hydrogen-bond acceptors (Lipinski definition) is 6. The maximum Gasteiger partial charge on any atom is 0.404 e. The van der Waals surface area contributed by atoms with Gasteiger partial charge in [0.2, 0.25) is 5.95 Å². The highest BCUT2D eigenvalue weighted by Crippen LogP contribution is 2.29. The zero-order chi connectivity index (χ0) is 21.1. The average molecular weight is 444 g/mol. The first kappa shape index (κ1) is 21.4. The summed E-state index contributed by atoms with van der Waals surface area (Å²) in [4.78, 5) is 20.7. The fourth-order valence-corrected chi connectivity index (χ4v) is 3.76. The van der Waals surface area contributed by atoms with Crippen molar-refractivity contribution >= 4 is 41.1 Å². The van der Waals surface area contributed by atoms with E-state index in [1.54, 1.807) is 23.1 Å². The number of carbonyl (C=O) groups is 1. The largest absolute Gasteiger partial charge is 0.465 e. The van der Waals surface area contributed by atoms with E-state index in [2.05, 4.69) is 20.6 Å². The van der Waals surface area contributed by atoms with Crippen LogP contribution in [-0.4, -0.2) is 51.5 Å². The molecule has 4 N–H and O–H groups in total.